The summed E-state index contributed by atoms with van der Waals surface area (Å²) in [6, 6.07) is 0. The number of hydrogen-bond donors (Lipinski definition) is 2. The molecule has 1 aromatic rings. The van der Waals surface area contributed by atoms with Gasteiger partial charge in [-0.2, -0.15) is 0 Å². The Kier molecular flexibility index (Phi) is 4.49. The van der Waals surface area contributed by atoms with E-state index >= 15 is 0 Å². The van der Waals surface area contributed by atoms with Crippen molar-refractivity contribution >= 4 is 5.91 Å². The normalized spacial score (nSPS) is 10.4. The van der Waals surface area contributed by atoms with E-state index in [1.165, 1.54) is 11.6 Å². The van der Waals surface area contributed by atoms with Gasteiger partial charge in [0.2, 0.25) is 0 Å². The summed E-state index contributed by atoms with van der Waals surface area (Å²) in [5.74, 6) is -0.879. The Labute approximate surface area is 105 Å². The first-order valence-corrected chi connectivity index (χ1v) is 5.68. The van der Waals surface area contributed by atoms with E-state index in [4.69, 9.17) is 4.74 Å². The minimum Gasteiger partial charge on any atom is -0.507 e. The number of carbonyl (C=O) groups excluding carboxylic acids is 1. The molecule has 2 N–H and O–H groups in total. The molecule has 1 heterocycles. The monoisotopic (exact) mass is 254 g/mol. The molecule has 6 nitrogen and oxygen atoms in total. The van der Waals surface area contributed by atoms with Gasteiger partial charge in [-0.1, -0.05) is 0 Å². The third-order valence-corrected chi connectivity index (χ3v) is 2.88. The van der Waals surface area contributed by atoms with Crippen LogP contribution in [-0.2, 0) is 11.5 Å². The third kappa shape index (κ3) is 2.38. The van der Waals surface area contributed by atoms with Gasteiger partial charge in [0.1, 0.15) is 18.0 Å². The van der Waals surface area contributed by atoms with Crippen molar-refractivity contribution in [3.8, 4) is 5.75 Å². The van der Waals surface area contributed by atoms with Gasteiger partial charge in [-0.15, -0.1) is 0 Å². The van der Waals surface area contributed by atoms with E-state index in [9.17, 15) is 14.7 Å². The molecule has 0 aliphatic heterocycles. The molecular formula is C12H18N2O4. The molecule has 0 aromatic carbocycles. The average molecular weight is 254 g/mol. The SMILES string of the molecule is CCOCn1c(C)c(C)c(O)c(C(=O)NC)c1=O. The summed E-state index contributed by atoms with van der Waals surface area (Å²) >= 11 is 0. The number of amides is 1. The number of ether oxygens (including phenoxy) is 1. The lowest BCUT2D eigenvalue weighted by atomic mass is 10.1. The van der Waals surface area contributed by atoms with Crippen molar-refractivity contribution in [2.24, 2.45) is 0 Å². The first kappa shape index (κ1) is 14.2. The molecule has 6 heteroatoms. The van der Waals surface area contributed by atoms with Crippen LogP contribution in [0.25, 0.3) is 0 Å². The molecule has 1 amide bonds. The predicted octanol–water partition coefficient (Wildman–Crippen LogP) is 0.524. The zero-order chi connectivity index (χ0) is 13.9. The van der Waals surface area contributed by atoms with E-state index < -0.39 is 11.5 Å². The highest BCUT2D eigenvalue weighted by Gasteiger charge is 2.21. The number of carbonyl (C=O) groups is 1. The molecule has 0 unspecified atom stereocenters. The summed E-state index contributed by atoms with van der Waals surface area (Å²) in [5, 5.41) is 12.2. The third-order valence-electron chi connectivity index (χ3n) is 2.88. The lowest BCUT2D eigenvalue weighted by Crippen LogP contribution is -2.33. The van der Waals surface area contributed by atoms with Crippen LogP contribution in [0.4, 0.5) is 0 Å². The summed E-state index contributed by atoms with van der Waals surface area (Å²) in [5.41, 5.74) is 0.273. The van der Waals surface area contributed by atoms with Gasteiger partial charge in [-0.3, -0.25) is 14.2 Å². The van der Waals surface area contributed by atoms with Crippen LogP contribution in [-0.4, -0.2) is 29.2 Å². The van der Waals surface area contributed by atoms with Gasteiger partial charge < -0.3 is 15.2 Å². The van der Waals surface area contributed by atoms with Gasteiger partial charge in [-0.05, 0) is 20.8 Å². The highest BCUT2D eigenvalue weighted by Crippen LogP contribution is 2.21. The van der Waals surface area contributed by atoms with Crippen molar-refractivity contribution in [2.75, 3.05) is 13.7 Å². The molecule has 0 spiro atoms. The summed E-state index contributed by atoms with van der Waals surface area (Å²) in [4.78, 5) is 23.8. The Morgan fingerprint density at radius 3 is 2.56 bits per heavy atom. The lowest BCUT2D eigenvalue weighted by Gasteiger charge is -2.15. The van der Waals surface area contributed by atoms with Crippen molar-refractivity contribution in [1.82, 2.24) is 9.88 Å². The molecule has 0 fully saturated rings. The molecule has 0 aliphatic rings. The number of hydrogen-bond acceptors (Lipinski definition) is 4. The van der Waals surface area contributed by atoms with Crippen LogP contribution < -0.4 is 10.9 Å². The van der Waals surface area contributed by atoms with Crippen molar-refractivity contribution in [3.05, 3.63) is 27.2 Å². The van der Waals surface area contributed by atoms with Crippen LogP contribution in [0.15, 0.2) is 4.79 Å². The predicted molar refractivity (Wildman–Crippen MR) is 66.9 cm³/mol. The zero-order valence-corrected chi connectivity index (χ0v) is 11.0. The molecule has 18 heavy (non-hydrogen) atoms. The highest BCUT2D eigenvalue weighted by molar-refractivity contribution is 5.96. The zero-order valence-electron chi connectivity index (χ0n) is 11.0. The largest absolute Gasteiger partial charge is 0.507 e. The van der Waals surface area contributed by atoms with E-state index in [0.29, 0.717) is 17.9 Å². The molecule has 0 aliphatic carbocycles. The molecule has 1 aromatic heterocycles. The summed E-state index contributed by atoms with van der Waals surface area (Å²) in [6.45, 7) is 5.68. The molecule has 0 radical (unpaired) electrons. The maximum absolute atomic E-state index is 12.1. The number of rotatable bonds is 4. The van der Waals surface area contributed by atoms with Gasteiger partial charge in [0.05, 0.1) is 0 Å². The average Bonchev–Trinajstić information content (AvgIpc) is 2.36. The van der Waals surface area contributed by atoms with E-state index in [0.717, 1.165) is 0 Å². The topological polar surface area (TPSA) is 80.6 Å². The van der Waals surface area contributed by atoms with E-state index in [-0.39, 0.29) is 18.0 Å². The molecule has 0 bridgehead atoms. The van der Waals surface area contributed by atoms with Gasteiger partial charge in [-0.25, -0.2) is 0 Å². The van der Waals surface area contributed by atoms with Crippen molar-refractivity contribution in [1.29, 1.82) is 0 Å². The fourth-order valence-electron chi connectivity index (χ4n) is 1.62. The van der Waals surface area contributed by atoms with Crippen LogP contribution in [0, 0.1) is 13.8 Å². The van der Waals surface area contributed by atoms with Crippen molar-refractivity contribution < 1.29 is 14.6 Å². The van der Waals surface area contributed by atoms with Crippen LogP contribution >= 0.6 is 0 Å². The first-order chi connectivity index (χ1) is 8.45. The summed E-state index contributed by atoms with van der Waals surface area (Å²) < 4.78 is 6.53. The minimum absolute atomic E-state index is 0.0618. The maximum Gasteiger partial charge on any atom is 0.269 e. The van der Waals surface area contributed by atoms with Gasteiger partial charge >= 0.3 is 0 Å². The van der Waals surface area contributed by atoms with Gasteiger partial charge in [0.15, 0.2) is 0 Å². The van der Waals surface area contributed by atoms with Gasteiger partial charge in [0, 0.05) is 24.9 Å². The van der Waals surface area contributed by atoms with Gasteiger partial charge in [0.25, 0.3) is 11.5 Å². The maximum atomic E-state index is 12.1. The fourth-order valence-corrected chi connectivity index (χ4v) is 1.62. The van der Waals surface area contributed by atoms with Crippen LogP contribution in [0.1, 0.15) is 28.5 Å². The standard InChI is InChI=1S/C12H18N2O4/c1-5-18-6-14-8(3)7(2)10(15)9(12(14)17)11(16)13-4/h15H,5-6H2,1-4H3,(H,13,16). The first-order valence-electron chi connectivity index (χ1n) is 5.68. The number of aromatic nitrogens is 1. The minimum atomic E-state index is -0.606. The molecule has 0 saturated carbocycles. The Morgan fingerprint density at radius 1 is 1.44 bits per heavy atom. The number of nitrogens with zero attached hydrogens (tertiary/aromatic N) is 1. The molecule has 100 valence electrons. The Bertz CT molecular complexity index is 520. The lowest BCUT2D eigenvalue weighted by molar-refractivity contribution is 0.0826. The molecular weight excluding hydrogens is 236 g/mol. The molecule has 0 atom stereocenters. The quantitative estimate of drug-likeness (QED) is 0.821. The second kappa shape index (κ2) is 5.68. The van der Waals surface area contributed by atoms with Crippen LogP contribution in [0.2, 0.25) is 0 Å². The van der Waals surface area contributed by atoms with Crippen LogP contribution in [0.5, 0.6) is 5.75 Å². The Balaban J connectivity index is 3.49. The highest BCUT2D eigenvalue weighted by atomic mass is 16.5. The Morgan fingerprint density at radius 2 is 2.06 bits per heavy atom. The second-order valence-electron chi connectivity index (χ2n) is 3.87. The van der Waals surface area contributed by atoms with E-state index in [2.05, 4.69) is 5.32 Å². The second-order valence-corrected chi connectivity index (χ2v) is 3.87. The number of pyridine rings is 1. The molecule has 1 rings (SSSR count). The van der Waals surface area contributed by atoms with Crippen molar-refractivity contribution in [2.45, 2.75) is 27.5 Å². The number of aromatic hydroxyl groups is 1. The Hall–Kier alpha value is -1.82. The summed E-state index contributed by atoms with van der Waals surface area (Å²) in [7, 11) is 1.41. The van der Waals surface area contributed by atoms with Crippen LogP contribution in [0.3, 0.4) is 0 Å². The van der Waals surface area contributed by atoms with Crippen molar-refractivity contribution in [3.63, 3.8) is 0 Å². The smallest absolute Gasteiger partial charge is 0.269 e. The van der Waals surface area contributed by atoms with E-state index in [1.54, 1.807) is 13.8 Å². The van der Waals surface area contributed by atoms with E-state index in [1.807, 2.05) is 6.92 Å². The molecule has 0 saturated heterocycles. The summed E-state index contributed by atoms with van der Waals surface area (Å²) in [6.07, 6.45) is 0. The number of nitrogens with one attached hydrogen (secondary N) is 1. The fraction of sp³-hybridized carbons (Fsp3) is 0.500.